The van der Waals surface area contributed by atoms with Crippen molar-refractivity contribution in [3.63, 3.8) is 0 Å². The molecule has 0 saturated heterocycles. The minimum atomic E-state index is -1.03. The maximum Gasteiger partial charge on any atom is 0.404 e. The fourth-order valence-corrected chi connectivity index (χ4v) is 3.52. The van der Waals surface area contributed by atoms with Crippen LogP contribution in [0.1, 0.15) is 32.3 Å². The summed E-state index contributed by atoms with van der Waals surface area (Å²) in [4.78, 5) is 36.9. The highest BCUT2D eigenvalue weighted by molar-refractivity contribution is 6.42. The van der Waals surface area contributed by atoms with E-state index in [0.717, 1.165) is 0 Å². The summed E-state index contributed by atoms with van der Waals surface area (Å²) in [6, 6.07) is 4.85. The summed E-state index contributed by atoms with van der Waals surface area (Å²) in [5.41, 5.74) is 6.22. The Hall–Kier alpha value is -2.71. The van der Waals surface area contributed by atoms with Crippen LogP contribution in [-0.4, -0.2) is 37.9 Å². The molecule has 0 aromatic heterocycles. The van der Waals surface area contributed by atoms with Gasteiger partial charge in [0.15, 0.2) is 0 Å². The van der Waals surface area contributed by atoms with Gasteiger partial charge in [-0.1, -0.05) is 35.3 Å². The molecule has 0 bridgehead atoms. The lowest BCUT2D eigenvalue weighted by atomic mass is 9.84. The van der Waals surface area contributed by atoms with Crippen molar-refractivity contribution >= 4 is 41.2 Å². The fourth-order valence-electron chi connectivity index (χ4n) is 3.11. The average Bonchev–Trinajstić information content (AvgIpc) is 2.66. The van der Waals surface area contributed by atoms with Crippen molar-refractivity contribution in [2.75, 3.05) is 13.7 Å². The molecule has 0 spiro atoms. The van der Waals surface area contributed by atoms with E-state index in [4.69, 9.17) is 43.1 Å². The van der Waals surface area contributed by atoms with E-state index in [-0.39, 0.29) is 33.5 Å². The number of rotatable bonds is 6. The Kier molecular flexibility index (Phi) is 7.75. The summed E-state index contributed by atoms with van der Waals surface area (Å²) < 4.78 is 15.2. The van der Waals surface area contributed by atoms with Gasteiger partial charge in [-0.25, -0.2) is 14.4 Å². The number of carbonyl (C=O) groups excluding carboxylic acids is 3. The lowest BCUT2D eigenvalue weighted by Gasteiger charge is -2.32. The molecule has 1 aliphatic heterocycles. The zero-order valence-electron chi connectivity index (χ0n) is 16.9. The number of hydrogen-bond donors (Lipinski definition) is 2. The molecule has 0 fully saturated rings. The number of nitrogens with one attached hydrogen (secondary N) is 1. The molecular weight excluding hydrogens is 437 g/mol. The molecule has 0 saturated carbocycles. The lowest BCUT2D eigenvalue weighted by molar-refractivity contribution is -0.143. The molecule has 1 aromatic rings. The summed E-state index contributed by atoms with van der Waals surface area (Å²) in [6.45, 7) is 4.63. The monoisotopic (exact) mass is 458 g/mol. The Morgan fingerprint density at radius 1 is 1.23 bits per heavy atom. The molecule has 0 radical (unpaired) electrons. The number of ether oxygens (including phenoxy) is 3. The fraction of sp³-hybridized carbons (Fsp3) is 0.350. The van der Waals surface area contributed by atoms with Crippen molar-refractivity contribution in [2.24, 2.45) is 5.73 Å². The number of dihydropyridines is 1. The van der Waals surface area contributed by atoms with Gasteiger partial charge in [0, 0.05) is 5.70 Å². The number of hydrogen-bond acceptors (Lipinski definition) is 7. The third-order valence-electron chi connectivity index (χ3n) is 4.26. The molecule has 1 heterocycles. The second-order valence-corrected chi connectivity index (χ2v) is 7.47. The number of methoxy groups -OCH3 is 1. The first-order valence-corrected chi connectivity index (χ1v) is 9.70. The molecule has 8 nitrogen and oxygen atoms in total. The Labute approximate surface area is 183 Å². The van der Waals surface area contributed by atoms with E-state index in [1.807, 2.05) is 0 Å². The van der Waals surface area contributed by atoms with Crippen LogP contribution < -0.4 is 11.1 Å². The van der Waals surface area contributed by atoms with E-state index in [1.165, 1.54) is 7.11 Å². The van der Waals surface area contributed by atoms with Gasteiger partial charge in [0.25, 0.3) is 0 Å². The van der Waals surface area contributed by atoms with Gasteiger partial charge in [0.2, 0.25) is 0 Å². The highest BCUT2D eigenvalue weighted by Crippen LogP contribution is 2.43. The maximum absolute atomic E-state index is 13.1. The van der Waals surface area contributed by atoms with Gasteiger partial charge in [-0.05, 0) is 32.4 Å². The van der Waals surface area contributed by atoms with E-state index in [0.29, 0.717) is 11.3 Å². The summed E-state index contributed by atoms with van der Waals surface area (Å²) >= 11 is 12.6. The summed E-state index contributed by atoms with van der Waals surface area (Å²) in [5.74, 6) is -2.39. The van der Waals surface area contributed by atoms with Gasteiger partial charge in [0.05, 0.1) is 46.0 Å². The first-order chi connectivity index (χ1) is 14.1. The molecule has 1 amide bonds. The third-order valence-corrected chi connectivity index (χ3v) is 5.10. The number of nitrogens with two attached hydrogens (primary N) is 1. The molecular formula is C20H22Cl2N2O6. The van der Waals surface area contributed by atoms with Crippen LogP contribution in [0.25, 0.3) is 0 Å². The van der Waals surface area contributed by atoms with E-state index in [1.54, 1.807) is 39.0 Å². The minimum Gasteiger partial charge on any atom is -0.466 e. The molecule has 1 aliphatic rings. The Balaban J connectivity index is 2.78. The van der Waals surface area contributed by atoms with Crippen LogP contribution in [0.2, 0.25) is 10.0 Å². The zero-order chi connectivity index (χ0) is 22.6. The highest BCUT2D eigenvalue weighted by Gasteiger charge is 2.40. The van der Waals surface area contributed by atoms with Crippen molar-refractivity contribution < 1.29 is 28.6 Å². The summed E-state index contributed by atoms with van der Waals surface area (Å²) in [7, 11) is 1.22. The summed E-state index contributed by atoms with van der Waals surface area (Å²) in [6.07, 6.45) is -1.48. The minimum absolute atomic E-state index is 0.0279. The van der Waals surface area contributed by atoms with Crippen molar-refractivity contribution in [3.8, 4) is 0 Å². The second kappa shape index (κ2) is 9.86. The molecule has 3 N–H and O–H groups in total. The number of benzene rings is 1. The van der Waals surface area contributed by atoms with Gasteiger partial charge in [0.1, 0.15) is 6.61 Å². The van der Waals surface area contributed by atoms with Crippen LogP contribution >= 0.6 is 23.2 Å². The van der Waals surface area contributed by atoms with Crippen molar-refractivity contribution in [2.45, 2.75) is 32.8 Å². The largest absolute Gasteiger partial charge is 0.466 e. The number of primary amides is 1. The van der Waals surface area contributed by atoms with Gasteiger partial charge in [-0.2, -0.15) is 0 Å². The maximum atomic E-state index is 13.1. The quantitative estimate of drug-likeness (QED) is 0.495. The van der Waals surface area contributed by atoms with Crippen LogP contribution in [0.3, 0.4) is 0 Å². The normalized spacial score (nSPS) is 16.3. The van der Waals surface area contributed by atoms with E-state index in [9.17, 15) is 14.4 Å². The van der Waals surface area contributed by atoms with Crippen molar-refractivity contribution in [1.82, 2.24) is 5.32 Å². The molecule has 1 atom stereocenters. The smallest absolute Gasteiger partial charge is 0.404 e. The predicted octanol–water partition coefficient (Wildman–Crippen LogP) is 3.43. The Morgan fingerprint density at radius 2 is 1.90 bits per heavy atom. The molecule has 2 rings (SSSR count). The first kappa shape index (κ1) is 23.6. The number of esters is 2. The predicted molar refractivity (Wildman–Crippen MR) is 111 cm³/mol. The zero-order valence-corrected chi connectivity index (χ0v) is 18.4. The lowest BCUT2D eigenvalue weighted by Crippen LogP contribution is -2.36. The second-order valence-electron chi connectivity index (χ2n) is 6.69. The molecule has 30 heavy (non-hydrogen) atoms. The summed E-state index contributed by atoms with van der Waals surface area (Å²) in [5, 5.41) is 3.32. The van der Waals surface area contributed by atoms with Crippen molar-refractivity contribution in [1.29, 1.82) is 0 Å². The molecule has 162 valence electrons. The van der Waals surface area contributed by atoms with E-state index < -0.39 is 30.1 Å². The van der Waals surface area contributed by atoms with Crippen LogP contribution in [0.4, 0.5) is 4.79 Å². The SMILES string of the molecule is COC(=O)C1=[14C](C)NC(COC(N)=O)=C(C(=O)OC(C)C)C1c1cccc(Cl)c1Cl. The number of halogens is 2. The van der Waals surface area contributed by atoms with Crippen molar-refractivity contribution in [3.05, 3.63) is 56.3 Å². The molecule has 1 aromatic carbocycles. The topological polar surface area (TPSA) is 117 Å². The number of carbonyl (C=O) groups is 3. The highest BCUT2D eigenvalue weighted by atomic mass is 35.5. The van der Waals surface area contributed by atoms with Crippen LogP contribution in [0, 0.1) is 0 Å². The van der Waals surface area contributed by atoms with Gasteiger partial charge in [-0.3, -0.25) is 0 Å². The Bertz CT molecular complexity index is 939. The van der Waals surface area contributed by atoms with Gasteiger partial charge >= 0.3 is 18.0 Å². The molecule has 0 aliphatic carbocycles. The van der Waals surface area contributed by atoms with E-state index >= 15 is 0 Å². The average molecular weight is 459 g/mol. The standard InChI is InChI=1S/C20H22Cl2N2O6/c1-9(2)30-19(26)16-13(8-29-20(23)27)24-10(3)14(18(25)28-4)15(16)11-6-5-7-12(21)17(11)22/h5-7,9,15,24H,8H2,1-4H3,(H2,23,27)/i10+2. The first-order valence-electron chi connectivity index (χ1n) is 8.94. The molecule has 10 heteroatoms. The molecule has 1 unspecified atom stereocenters. The van der Waals surface area contributed by atoms with Crippen LogP contribution in [0.15, 0.2) is 40.7 Å². The third kappa shape index (κ3) is 5.06. The van der Waals surface area contributed by atoms with Crippen LogP contribution in [0.5, 0.6) is 0 Å². The Morgan fingerprint density at radius 3 is 2.47 bits per heavy atom. The number of amides is 1. The van der Waals surface area contributed by atoms with E-state index in [2.05, 4.69) is 5.32 Å². The van der Waals surface area contributed by atoms with Gasteiger partial charge in [-0.15, -0.1) is 0 Å². The number of allylic oxidation sites excluding steroid dienone is 1. The van der Waals surface area contributed by atoms with Crippen LogP contribution in [-0.2, 0) is 23.8 Å². The van der Waals surface area contributed by atoms with Gasteiger partial charge < -0.3 is 25.3 Å².